The summed E-state index contributed by atoms with van der Waals surface area (Å²) in [6, 6.07) is 0. The Morgan fingerprint density at radius 2 is 1.78 bits per heavy atom. The first-order chi connectivity index (χ1) is 8.18. The first-order valence-corrected chi connectivity index (χ1v) is 6.29. The maximum Gasteiger partial charge on any atom is 0.173 e. The van der Waals surface area contributed by atoms with Crippen molar-refractivity contribution < 1.29 is 9.59 Å². The van der Waals surface area contributed by atoms with E-state index in [4.69, 9.17) is 0 Å². The van der Waals surface area contributed by atoms with Crippen molar-refractivity contribution in [3.05, 3.63) is 17.0 Å². The lowest BCUT2D eigenvalue weighted by Gasteiger charge is -2.15. The van der Waals surface area contributed by atoms with Gasteiger partial charge in [0.05, 0.1) is 17.7 Å². The molecule has 18 heavy (non-hydrogen) atoms. The number of rotatable bonds is 4. The van der Waals surface area contributed by atoms with Gasteiger partial charge < -0.3 is 0 Å². The summed E-state index contributed by atoms with van der Waals surface area (Å²) in [7, 11) is 0. The number of hydrogen-bond acceptors (Lipinski definition) is 3. The average molecular weight is 250 g/mol. The summed E-state index contributed by atoms with van der Waals surface area (Å²) in [6.45, 7) is 11.9. The Balaban J connectivity index is 2.99. The van der Waals surface area contributed by atoms with Crippen LogP contribution < -0.4 is 0 Å². The van der Waals surface area contributed by atoms with Crippen LogP contribution in [0.5, 0.6) is 0 Å². The van der Waals surface area contributed by atoms with Crippen LogP contribution in [-0.4, -0.2) is 21.3 Å². The van der Waals surface area contributed by atoms with Gasteiger partial charge in [0.25, 0.3) is 0 Å². The molecule has 100 valence electrons. The lowest BCUT2D eigenvalue weighted by Crippen LogP contribution is -2.23. The monoisotopic (exact) mass is 250 g/mol. The van der Waals surface area contributed by atoms with Crippen molar-refractivity contribution >= 4 is 11.6 Å². The fraction of sp³-hybridized carbons (Fsp3) is 0.643. The first-order valence-electron chi connectivity index (χ1n) is 6.29. The fourth-order valence-electron chi connectivity index (χ4n) is 1.91. The number of aromatic nitrogens is 2. The normalized spacial score (nSPS) is 11.7. The number of hydrogen-bond donors (Lipinski definition) is 0. The largest absolute Gasteiger partial charge is 0.299 e. The quantitative estimate of drug-likeness (QED) is 0.610. The van der Waals surface area contributed by atoms with E-state index in [0.717, 1.165) is 12.2 Å². The molecule has 0 aliphatic carbocycles. The van der Waals surface area contributed by atoms with Crippen molar-refractivity contribution in [2.24, 2.45) is 5.41 Å². The van der Waals surface area contributed by atoms with Gasteiger partial charge in [-0.3, -0.25) is 14.3 Å². The van der Waals surface area contributed by atoms with Crippen LogP contribution in [0.4, 0.5) is 0 Å². The molecular formula is C14H22N2O2. The summed E-state index contributed by atoms with van der Waals surface area (Å²) in [6.07, 6.45) is -0.0411. The molecule has 4 nitrogen and oxygen atoms in total. The molecule has 1 aromatic rings. The minimum atomic E-state index is -0.474. The number of carbonyl (C=O) groups is 2. The third-order valence-electron chi connectivity index (χ3n) is 3.12. The Labute approximate surface area is 108 Å². The molecule has 1 aromatic heterocycles. The van der Waals surface area contributed by atoms with Crippen molar-refractivity contribution in [2.75, 3.05) is 0 Å². The summed E-state index contributed by atoms with van der Waals surface area (Å²) in [5.74, 6) is -0.153. The van der Waals surface area contributed by atoms with Gasteiger partial charge in [-0.15, -0.1) is 0 Å². The third-order valence-corrected chi connectivity index (χ3v) is 3.12. The SMILES string of the molecule is CCn1nc(C)c(C(=O)CC(=O)C(C)(C)C)c1C. The molecule has 0 saturated carbocycles. The molecule has 1 heterocycles. The molecule has 0 N–H and O–H groups in total. The van der Waals surface area contributed by atoms with E-state index in [9.17, 15) is 9.59 Å². The molecule has 0 atom stereocenters. The highest BCUT2D eigenvalue weighted by atomic mass is 16.1. The van der Waals surface area contributed by atoms with E-state index in [1.165, 1.54) is 0 Å². The second kappa shape index (κ2) is 5.04. The van der Waals surface area contributed by atoms with E-state index < -0.39 is 5.41 Å². The van der Waals surface area contributed by atoms with E-state index in [0.29, 0.717) is 11.3 Å². The molecule has 0 unspecified atom stereocenters. The number of Topliss-reactive ketones (excluding diaryl/α,β-unsaturated/α-hetero) is 2. The minimum absolute atomic E-state index is 0.0319. The highest BCUT2D eigenvalue weighted by Gasteiger charge is 2.26. The topological polar surface area (TPSA) is 52.0 Å². The molecule has 0 saturated heterocycles. The van der Waals surface area contributed by atoms with Gasteiger partial charge in [0.1, 0.15) is 5.78 Å². The molecular weight excluding hydrogens is 228 g/mol. The summed E-state index contributed by atoms with van der Waals surface area (Å²) < 4.78 is 1.80. The summed E-state index contributed by atoms with van der Waals surface area (Å²) in [4.78, 5) is 24.1. The van der Waals surface area contributed by atoms with Gasteiger partial charge in [0, 0.05) is 17.7 Å². The smallest absolute Gasteiger partial charge is 0.173 e. The van der Waals surface area contributed by atoms with Gasteiger partial charge >= 0.3 is 0 Å². The zero-order valence-corrected chi connectivity index (χ0v) is 12.1. The number of aryl methyl sites for hydroxylation is 2. The van der Waals surface area contributed by atoms with Crippen LogP contribution in [0.3, 0.4) is 0 Å². The Kier molecular flexibility index (Phi) is 4.09. The summed E-state index contributed by atoms with van der Waals surface area (Å²) in [5, 5.41) is 4.30. The Morgan fingerprint density at radius 1 is 1.22 bits per heavy atom. The van der Waals surface area contributed by atoms with E-state index in [1.54, 1.807) is 4.68 Å². The number of carbonyl (C=O) groups excluding carboxylic acids is 2. The number of nitrogens with zero attached hydrogens (tertiary/aromatic N) is 2. The lowest BCUT2D eigenvalue weighted by molar-refractivity contribution is -0.125. The number of ketones is 2. The summed E-state index contributed by atoms with van der Waals surface area (Å²) >= 11 is 0. The van der Waals surface area contributed by atoms with Crippen molar-refractivity contribution in [1.29, 1.82) is 0 Å². The van der Waals surface area contributed by atoms with Gasteiger partial charge in [0.15, 0.2) is 5.78 Å². The Morgan fingerprint density at radius 3 is 2.17 bits per heavy atom. The molecule has 0 radical (unpaired) electrons. The van der Waals surface area contributed by atoms with Gasteiger partial charge in [-0.2, -0.15) is 5.10 Å². The standard InChI is InChI=1S/C14H22N2O2/c1-7-16-10(3)13(9(2)15-16)11(17)8-12(18)14(4,5)6/h7-8H2,1-6H3. The maximum atomic E-state index is 12.2. The predicted molar refractivity (Wildman–Crippen MR) is 70.8 cm³/mol. The second-order valence-electron chi connectivity index (χ2n) is 5.63. The van der Waals surface area contributed by atoms with Crippen LogP contribution in [0.25, 0.3) is 0 Å². The van der Waals surface area contributed by atoms with E-state index in [-0.39, 0.29) is 18.0 Å². The van der Waals surface area contributed by atoms with Gasteiger partial charge in [-0.25, -0.2) is 0 Å². The van der Waals surface area contributed by atoms with E-state index in [1.807, 2.05) is 41.5 Å². The van der Waals surface area contributed by atoms with Crippen LogP contribution in [0.15, 0.2) is 0 Å². The second-order valence-corrected chi connectivity index (χ2v) is 5.63. The summed E-state index contributed by atoms with van der Waals surface area (Å²) in [5.41, 5.74) is 1.69. The minimum Gasteiger partial charge on any atom is -0.299 e. The average Bonchev–Trinajstić information content (AvgIpc) is 2.52. The highest BCUT2D eigenvalue weighted by molar-refractivity contribution is 6.10. The van der Waals surface area contributed by atoms with Crippen molar-refractivity contribution in [3.63, 3.8) is 0 Å². The molecule has 4 heteroatoms. The van der Waals surface area contributed by atoms with Crippen LogP contribution in [0.1, 0.15) is 55.9 Å². The van der Waals surface area contributed by atoms with Crippen LogP contribution in [0.2, 0.25) is 0 Å². The first kappa shape index (κ1) is 14.6. The van der Waals surface area contributed by atoms with E-state index in [2.05, 4.69) is 5.10 Å². The van der Waals surface area contributed by atoms with Crippen LogP contribution in [-0.2, 0) is 11.3 Å². The third kappa shape index (κ3) is 2.86. The zero-order chi connectivity index (χ0) is 14.1. The Bertz CT molecular complexity index is 479. The van der Waals surface area contributed by atoms with Crippen LogP contribution in [0, 0.1) is 19.3 Å². The lowest BCUT2D eigenvalue weighted by atomic mass is 9.87. The molecule has 0 aromatic carbocycles. The van der Waals surface area contributed by atoms with Crippen molar-refractivity contribution in [2.45, 2.75) is 54.5 Å². The molecule has 0 aliphatic rings. The van der Waals surface area contributed by atoms with Crippen molar-refractivity contribution in [3.8, 4) is 0 Å². The molecule has 1 rings (SSSR count). The molecule has 0 amide bonds. The molecule has 0 bridgehead atoms. The molecule has 0 fully saturated rings. The van der Waals surface area contributed by atoms with Crippen LogP contribution >= 0.6 is 0 Å². The van der Waals surface area contributed by atoms with E-state index >= 15 is 0 Å². The van der Waals surface area contributed by atoms with Crippen molar-refractivity contribution in [1.82, 2.24) is 9.78 Å². The predicted octanol–water partition coefficient (Wildman–Crippen LogP) is 2.71. The Hall–Kier alpha value is -1.45. The molecule has 0 aliphatic heterocycles. The van der Waals surface area contributed by atoms with Gasteiger partial charge in [0.2, 0.25) is 0 Å². The fourth-order valence-corrected chi connectivity index (χ4v) is 1.91. The van der Waals surface area contributed by atoms with Gasteiger partial charge in [-0.1, -0.05) is 20.8 Å². The zero-order valence-electron chi connectivity index (χ0n) is 12.1. The van der Waals surface area contributed by atoms with Gasteiger partial charge in [-0.05, 0) is 20.8 Å². The maximum absolute atomic E-state index is 12.2. The highest BCUT2D eigenvalue weighted by Crippen LogP contribution is 2.21. The molecule has 0 spiro atoms.